The van der Waals surface area contributed by atoms with E-state index in [0.29, 0.717) is 13.2 Å². The van der Waals surface area contributed by atoms with E-state index < -0.39 is 20.7 Å². The van der Waals surface area contributed by atoms with Gasteiger partial charge in [-0.3, -0.25) is 0 Å². The molecule has 1 saturated heterocycles. The summed E-state index contributed by atoms with van der Waals surface area (Å²) in [7, 11) is -3.91. The van der Waals surface area contributed by atoms with E-state index in [9.17, 15) is 12.8 Å². The topological polar surface area (TPSA) is 81.4 Å². The van der Waals surface area contributed by atoms with Crippen LogP contribution in [-0.2, 0) is 14.8 Å². The second-order valence-corrected chi connectivity index (χ2v) is 5.94. The standard InChI is InChI=1S/C11H15FN2O3S/c12-9-2-1-3-10(13)11(9)18(15,16)14-6-8-4-5-17-7-8/h1-3,8,14H,4-7,13H2. The van der Waals surface area contributed by atoms with Crippen molar-refractivity contribution in [2.45, 2.75) is 11.3 Å². The lowest BCUT2D eigenvalue weighted by Gasteiger charge is -2.12. The third-order valence-corrected chi connectivity index (χ3v) is 4.37. The van der Waals surface area contributed by atoms with Gasteiger partial charge in [-0.25, -0.2) is 17.5 Å². The van der Waals surface area contributed by atoms with Crippen LogP contribution in [0.5, 0.6) is 0 Å². The molecule has 18 heavy (non-hydrogen) atoms. The van der Waals surface area contributed by atoms with Crippen LogP contribution in [0.3, 0.4) is 0 Å². The van der Waals surface area contributed by atoms with Crippen molar-refractivity contribution in [1.29, 1.82) is 0 Å². The molecule has 0 radical (unpaired) electrons. The Hall–Kier alpha value is -1.18. The van der Waals surface area contributed by atoms with Crippen LogP contribution < -0.4 is 10.5 Å². The number of hydrogen-bond acceptors (Lipinski definition) is 4. The molecule has 3 N–H and O–H groups in total. The molecule has 5 nitrogen and oxygen atoms in total. The van der Waals surface area contributed by atoms with Crippen molar-refractivity contribution in [3.8, 4) is 0 Å². The van der Waals surface area contributed by atoms with Crippen molar-refractivity contribution < 1.29 is 17.5 Å². The van der Waals surface area contributed by atoms with Gasteiger partial charge >= 0.3 is 0 Å². The molecule has 0 saturated carbocycles. The van der Waals surface area contributed by atoms with Crippen LogP contribution >= 0.6 is 0 Å². The number of halogens is 1. The molecule has 100 valence electrons. The highest BCUT2D eigenvalue weighted by atomic mass is 32.2. The summed E-state index contributed by atoms with van der Waals surface area (Å²) < 4.78 is 45.0. The van der Waals surface area contributed by atoms with E-state index in [2.05, 4.69) is 4.72 Å². The van der Waals surface area contributed by atoms with E-state index in [-0.39, 0.29) is 18.2 Å². The lowest BCUT2D eigenvalue weighted by atomic mass is 10.1. The van der Waals surface area contributed by atoms with Crippen LogP contribution in [0.15, 0.2) is 23.1 Å². The second-order valence-electron chi connectivity index (χ2n) is 4.24. The lowest BCUT2D eigenvalue weighted by Crippen LogP contribution is -2.30. The minimum Gasteiger partial charge on any atom is -0.398 e. The van der Waals surface area contributed by atoms with Crippen LogP contribution in [0.2, 0.25) is 0 Å². The molecule has 0 aliphatic carbocycles. The van der Waals surface area contributed by atoms with Gasteiger partial charge in [-0.05, 0) is 24.5 Å². The molecule has 1 heterocycles. The summed E-state index contributed by atoms with van der Waals surface area (Å²) in [5.74, 6) is -0.710. The van der Waals surface area contributed by atoms with Gasteiger partial charge in [0.15, 0.2) is 0 Å². The monoisotopic (exact) mass is 274 g/mol. The number of rotatable bonds is 4. The summed E-state index contributed by atoms with van der Waals surface area (Å²) in [4.78, 5) is -0.482. The molecule has 1 unspecified atom stereocenters. The van der Waals surface area contributed by atoms with Crippen LogP contribution in [0.1, 0.15) is 6.42 Å². The molecule has 1 aromatic carbocycles. The molecule has 0 spiro atoms. The summed E-state index contributed by atoms with van der Waals surface area (Å²) in [5, 5.41) is 0. The molecule has 7 heteroatoms. The van der Waals surface area contributed by atoms with Crippen molar-refractivity contribution >= 4 is 15.7 Å². The Bertz CT molecular complexity index is 507. The zero-order valence-electron chi connectivity index (χ0n) is 9.73. The van der Waals surface area contributed by atoms with E-state index in [1.54, 1.807) is 0 Å². The number of ether oxygens (including phenoxy) is 1. The summed E-state index contributed by atoms with van der Waals surface area (Å²) in [6.07, 6.45) is 0.801. The molecule has 0 bridgehead atoms. The highest BCUT2D eigenvalue weighted by molar-refractivity contribution is 7.89. The second kappa shape index (κ2) is 5.21. The van der Waals surface area contributed by atoms with Crippen molar-refractivity contribution in [3.05, 3.63) is 24.0 Å². The fraction of sp³-hybridized carbons (Fsp3) is 0.455. The zero-order chi connectivity index (χ0) is 13.2. The van der Waals surface area contributed by atoms with Gasteiger partial charge in [-0.15, -0.1) is 0 Å². The SMILES string of the molecule is Nc1cccc(F)c1S(=O)(=O)NCC1CCOC1. The summed E-state index contributed by atoms with van der Waals surface area (Å²) in [6, 6.07) is 3.80. The van der Waals surface area contributed by atoms with Gasteiger partial charge in [-0.2, -0.15) is 0 Å². The molecule has 0 aromatic heterocycles. The minimum atomic E-state index is -3.91. The van der Waals surface area contributed by atoms with E-state index in [1.807, 2.05) is 0 Å². The van der Waals surface area contributed by atoms with Crippen LogP contribution in [0.25, 0.3) is 0 Å². The first-order valence-electron chi connectivity index (χ1n) is 5.62. The van der Waals surface area contributed by atoms with E-state index in [0.717, 1.165) is 12.5 Å². The smallest absolute Gasteiger partial charge is 0.245 e. The Labute approximate surface area is 105 Å². The van der Waals surface area contributed by atoms with Crippen molar-refractivity contribution in [1.82, 2.24) is 4.72 Å². The number of nitrogen functional groups attached to an aromatic ring is 1. The van der Waals surface area contributed by atoms with Gasteiger partial charge in [0.2, 0.25) is 10.0 Å². The Kier molecular flexibility index (Phi) is 3.84. The van der Waals surface area contributed by atoms with Gasteiger partial charge < -0.3 is 10.5 Å². The lowest BCUT2D eigenvalue weighted by molar-refractivity contribution is 0.186. The Morgan fingerprint density at radius 1 is 1.50 bits per heavy atom. The van der Waals surface area contributed by atoms with Gasteiger partial charge in [0, 0.05) is 13.2 Å². The van der Waals surface area contributed by atoms with Gasteiger partial charge in [-0.1, -0.05) is 6.07 Å². The Morgan fingerprint density at radius 2 is 2.28 bits per heavy atom. The molecule has 1 atom stereocenters. The highest BCUT2D eigenvalue weighted by Crippen LogP contribution is 2.21. The first kappa shape index (κ1) is 13.3. The first-order chi connectivity index (χ1) is 8.50. The van der Waals surface area contributed by atoms with Crippen molar-refractivity contribution in [2.24, 2.45) is 5.92 Å². The molecule has 0 amide bonds. The molecule has 2 rings (SSSR count). The quantitative estimate of drug-likeness (QED) is 0.793. The van der Waals surface area contributed by atoms with E-state index in [4.69, 9.17) is 10.5 Å². The minimum absolute atomic E-state index is 0.0924. The molecular formula is C11H15FN2O3S. The molecule has 1 fully saturated rings. The fourth-order valence-electron chi connectivity index (χ4n) is 1.85. The maximum absolute atomic E-state index is 13.5. The van der Waals surface area contributed by atoms with Crippen LogP contribution in [0.4, 0.5) is 10.1 Å². The summed E-state index contributed by atoms with van der Waals surface area (Å²) >= 11 is 0. The Morgan fingerprint density at radius 3 is 2.89 bits per heavy atom. The normalized spacial score (nSPS) is 20.2. The van der Waals surface area contributed by atoms with Crippen LogP contribution in [0, 0.1) is 11.7 Å². The van der Waals surface area contributed by atoms with Crippen molar-refractivity contribution in [3.63, 3.8) is 0 Å². The molecule has 1 aliphatic rings. The maximum atomic E-state index is 13.5. The molecule has 1 aromatic rings. The first-order valence-corrected chi connectivity index (χ1v) is 7.10. The number of benzene rings is 1. The number of sulfonamides is 1. The third kappa shape index (κ3) is 2.80. The average Bonchev–Trinajstić information content (AvgIpc) is 2.78. The average molecular weight is 274 g/mol. The van der Waals surface area contributed by atoms with Crippen LogP contribution in [-0.4, -0.2) is 28.2 Å². The summed E-state index contributed by atoms with van der Waals surface area (Å²) in [6.45, 7) is 1.39. The number of anilines is 1. The predicted octanol–water partition coefficient (Wildman–Crippen LogP) is 0.723. The van der Waals surface area contributed by atoms with Crippen molar-refractivity contribution in [2.75, 3.05) is 25.5 Å². The van der Waals surface area contributed by atoms with E-state index in [1.165, 1.54) is 12.1 Å². The molecular weight excluding hydrogens is 259 g/mol. The predicted molar refractivity (Wildman–Crippen MR) is 64.9 cm³/mol. The highest BCUT2D eigenvalue weighted by Gasteiger charge is 2.24. The third-order valence-electron chi connectivity index (χ3n) is 2.85. The largest absolute Gasteiger partial charge is 0.398 e. The van der Waals surface area contributed by atoms with E-state index >= 15 is 0 Å². The summed E-state index contributed by atoms with van der Waals surface area (Å²) in [5.41, 5.74) is 5.41. The fourth-order valence-corrected chi connectivity index (χ4v) is 3.16. The number of hydrogen-bond donors (Lipinski definition) is 2. The Balaban J connectivity index is 2.15. The van der Waals surface area contributed by atoms with Gasteiger partial charge in [0.1, 0.15) is 10.7 Å². The molecule has 1 aliphatic heterocycles. The number of nitrogens with two attached hydrogens (primary N) is 1. The van der Waals surface area contributed by atoms with Gasteiger partial charge in [0.05, 0.1) is 12.3 Å². The maximum Gasteiger partial charge on any atom is 0.245 e. The zero-order valence-corrected chi connectivity index (χ0v) is 10.5. The van der Waals surface area contributed by atoms with Gasteiger partial charge in [0.25, 0.3) is 0 Å². The number of nitrogens with one attached hydrogen (secondary N) is 1.